The Hall–Kier alpha value is -2.31. The van der Waals surface area contributed by atoms with Crippen molar-refractivity contribution in [3.05, 3.63) is 30.1 Å². The summed E-state index contributed by atoms with van der Waals surface area (Å²) in [6, 6.07) is 6.34. The average molecular weight is 349 g/mol. The molecule has 25 heavy (non-hydrogen) atoms. The van der Waals surface area contributed by atoms with Crippen molar-refractivity contribution in [3.63, 3.8) is 0 Å². The van der Waals surface area contributed by atoms with Gasteiger partial charge in [-0.2, -0.15) is 0 Å². The fourth-order valence-corrected chi connectivity index (χ4v) is 3.77. The van der Waals surface area contributed by atoms with Gasteiger partial charge in [-0.05, 0) is 30.9 Å². The SMILES string of the molecule is CC1CC(C(=O)O)CN(C(=O)NC2CCN(c3ccccc3F)C2)C1. The molecule has 2 heterocycles. The molecule has 2 aliphatic rings. The normalized spacial score (nSPS) is 26.6. The van der Waals surface area contributed by atoms with Crippen LogP contribution in [0.15, 0.2) is 24.3 Å². The lowest BCUT2D eigenvalue weighted by Crippen LogP contribution is -2.52. The number of carbonyl (C=O) groups excluding carboxylic acids is 1. The van der Waals surface area contributed by atoms with Crippen LogP contribution in [0.5, 0.6) is 0 Å². The number of nitrogens with one attached hydrogen (secondary N) is 1. The van der Waals surface area contributed by atoms with Crippen molar-refractivity contribution in [1.82, 2.24) is 10.2 Å². The number of likely N-dealkylation sites (tertiary alicyclic amines) is 1. The molecule has 2 amide bonds. The summed E-state index contributed by atoms with van der Waals surface area (Å²) in [6.45, 7) is 4.01. The summed E-state index contributed by atoms with van der Waals surface area (Å²) in [5, 5.41) is 12.2. The molecule has 2 fully saturated rings. The molecule has 0 aliphatic carbocycles. The summed E-state index contributed by atoms with van der Waals surface area (Å²) >= 11 is 0. The first-order valence-electron chi connectivity index (χ1n) is 8.71. The number of carboxylic acid groups (broad SMARTS) is 1. The molecular weight excluding hydrogens is 325 g/mol. The monoisotopic (exact) mass is 349 g/mol. The average Bonchev–Trinajstić information content (AvgIpc) is 3.02. The van der Waals surface area contributed by atoms with Gasteiger partial charge in [-0.1, -0.05) is 19.1 Å². The van der Waals surface area contributed by atoms with Gasteiger partial charge < -0.3 is 20.2 Å². The van der Waals surface area contributed by atoms with Crippen LogP contribution in [-0.2, 0) is 4.79 Å². The van der Waals surface area contributed by atoms with E-state index in [1.54, 1.807) is 23.1 Å². The fraction of sp³-hybridized carbons (Fsp3) is 0.556. The Labute approximate surface area is 146 Å². The summed E-state index contributed by atoms with van der Waals surface area (Å²) < 4.78 is 13.9. The summed E-state index contributed by atoms with van der Waals surface area (Å²) in [6.07, 6.45) is 1.34. The molecule has 7 heteroatoms. The number of carbonyl (C=O) groups is 2. The predicted molar refractivity (Wildman–Crippen MR) is 92.0 cm³/mol. The zero-order chi connectivity index (χ0) is 18.0. The quantitative estimate of drug-likeness (QED) is 0.877. The molecule has 0 saturated carbocycles. The molecule has 2 aliphatic heterocycles. The second-order valence-corrected chi connectivity index (χ2v) is 7.11. The van der Waals surface area contributed by atoms with Crippen LogP contribution in [-0.4, -0.2) is 54.2 Å². The third-order valence-electron chi connectivity index (χ3n) is 5.01. The van der Waals surface area contributed by atoms with Crippen molar-refractivity contribution in [1.29, 1.82) is 0 Å². The summed E-state index contributed by atoms with van der Waals surface area (Å²) in [4.78, 5) is 27.3. The number of carboxylic acids is 1. The third-order valence-corrected chi connectivity index (χ3v) is 5.01. The molecule has 1 aromatic carbocycles. The molecule has 0 aromatic heterocycles. The van der Waals surface area contributed by atoms with Crippen molar-refractivity contribution in [3.8, 4) is 0 Å². The third kappa shape index (κ3) is 4.03. The van der Waals surface area contributed by atoms with Crippen LogP contribution < -0.4 is 10.2 Å². The van der Waals surface area contributed by atoms with Gasteiger partial charge in [0.2, 0.25) is 0 Å². The topological polar surface area (TPSA) is 72.9 Å². The number of piperidine rings is 1. The Morgan fingerprint density at radius 2 is 2.00 bits per heavy atom. The Balaban J connectivity index is 1.57. The van der Waals surface area contributed by atoms with Gasteiger partial charge in [-0.15, -0.1) is 0 Å². The van der Waals surface area contributed by atoms with E-state index >= 15 is 0 Å². The predicted octanol–water partition coefficient (Wildman–Crippen LogP) is 2.16. The van der Waals surface area contributed by atoms with Gasteiger partial charge >= 0.3 is 12.0 Å². The summed E-state index contributed by atoms with van der Waals surface area (Å²) in [5.74, 6) is -1.45. The number of para-hydroxylation sites is 1. The van der Waals surface area contributed by atoms with E-state index in [4.69, 9.17) is 0 Å². The molecule has 0 radical (unpaired) electrons. The number of benzene rings is 1. The Morgan fingerprint density at radius 1 is 1.24 bits per heavy atom. The Morgan fingerprint density at radius 3 is 2.72 bits per heavy atom. The van der Waals surface area contributed by atoms with Crippen molar-refractivity contribution in [2.75, 3.05) is 31.1 Å². The number of nitrogens with zero attached hydrogens (tertiary/aromatic N) is 2. The maximum absolute atomic E-state index is 13.9. The number of rotatable bonds is 3. The number of urea groups is 1. The molecule has 3 atom stereocenters. The molecule has 3 rings (SSSR count). The number of hydrogen-bond donors (Lipinski definition) is 2. The van der Waals surface area contributed by atoms with Gasteiger partial charge in [0, 0.05) is 32.2 Å². The fourth-order valence-electron chi connectivity index (χ4n) is 3.77. The standard InChI is InChI=1S/C18H24FN3O3/c1-12-8-13(17(23)24)10-22(9-12)18(25)20-14-6-7-21(11-14)16-5-3-2-4-15(16)19/h2-5,12-14H,6-11H2,1H3,(H,20,25)(H,23,24). The van der Waals surface area contributed by atoms with E-state index in [1.807, 2.05) is 11.8 Å². The highest BCUT2D eigenvalue weighted by molar-refractivity contribution is 5.77. The van der Waals surface area contributed by atoms with Crippen LogP contribution in [0.3, 0.4) is 0 Å². The summed E-state index contributed by atoms with van der Waals surface area (Å²) in [7, 11) is 0. The van der Waals surface area contributed by atoms with Crippen molar-refractivity contribution < 1.29 is 19.1 Å². The first-order chi connectivity index (χ1) is 11.9. The maximum atomic E-state index is 13.9. The van der Waals surface area contributed by atoms with Gasteiger partial charge in [0.25, 0.3) is 0 Å². The number of halogens is 1. The zero-order valence-electron chi connectivity index (χ0n) is 14.3. The molecule has 3 unspecified atom stereocenters. The lowest BCUT2D eigenvalue weighted by molar-refractivity contribution is -0.143. The minimum absolute atomic E-state index is 0.0624. The number of anilines is 1. The van der Waals surface area contributed by atoms with Gasteiger partial charge in [-0.3, -0.25) is 4.79 Å². The van der Waals surface area contributed by atoms with Gasteiger partial charge in [0.1, 0.15) is 5.82 Å². The van der Waals surface area contributed by atoms with Gasteiger partial charge in [0.05, 0.1) is 11.6 Å². The second kappa shape index (κ2) is 7.29. The highest BCUT2D eigenvalue weighted by Crippen LogP contribution is 2.24. The first-order valence-corrected chi connectivity index (χ1v) is 8.71. The van der Waals surface area contributed by atoms with Crippen molar-refractivity contribution in [2.45, 2.75) is 25.8 Å². The van der Waals surface area contributed by atoms with Crippen LogP contribution >= 0.6 is 0 Å². The van der Waals surface area contributed by atoms with Crippen LogP contribution in [0.25, 0.3) is 0 Å². The molecule has 1 aromatic rings. The van der Waals surface area contributed by atoms with Crippen LogP contribution in [0.2, 0.25) is 0 Å². The van der Waals surface area contributed by atoms with E-state index in [0.29, 0.717) is 31.7 Å². The highest BCUT2D eigenvalue weighted by Gasteiger charge is 2.33. The minimum Gasteiger partial charge on any atom is -0.481 e. The van der Waals surface area contributed by atoms with E-state index in [1.165, 1.54) is 6.07 Å². The van der Waals surface area contributed by atoms with E-state index in [-0.39, 0.29) is 30.4 Å². The van der Waals surface area contributed by atoms with Gasteiger partial charge in [0.15, 0.2) is 0 Å². The summed E-state index contributed by atoms with van der Waals surface area (Å²) in [5.41, 5.74) is 0.553. The van der Waals surface area contributed by atoms with Crippen molar-refractivity contribution in [2.24, 2.45) is 11.8 Å². The second-order valence-electron chi connectivity index (χ2n) is 7.11. The Bertz CT molecular complexity index is 654. The number of aliphatic carboxylic acids is 1. The molecule has 0 spiro atoms. The van der Waals surface area contributed by atoms with E-state index in [2.05, 4.69) is 5.32 Å². The smallest absolute Gasteiger partial charge is 0.317 e. The minimum atomic E-state index is -0.851. The van der Waals surface area contributed by atoms with Crippen LogP contribution in [0.1, 0.15) is 19.8 Å². The van der Waals surface area contributed by atoms with Crippen LogP contribution in [0.4, 0.5) is 14.9 Å². The Kier molecular flexibility index (Phi) is 5.11. The van der Waals surface area contributed by atoms with Crippen molar-refractivity contribution >= 4 is 17.7 Å². The molecule has 0 bridgehead atoms. The highest BCUT2D eigenvalue weighted by atomic mass is 19.1. The lowest BCUT2D eigenvalue weighted by atomic mass is 9.91. The number of hydrogen-bond acceptors (Lipinski definition) is 3. The first kappa shape index (κ1) is 17.5. The molecule has 136 valence electrons. The zero-order valence-corrected chi connectivity index (χ0v) is 14.3. The molecule has 2 saturated heterocycles. The lowest BCUT2D eigenvalue weighted by Gasteiger charge is -2.35. The van der Waals surface area contributed by atoms with Gasteiger partial charge in [-0.25, -0.2) is 9.18 Å². The molecule has 2 N–H and O–H groups in total. The molecule has 6 nitrogen and oxygen atoms in total. The maximum Gasteiger partial charge on any atom is 0.317 e. The van der Waals surface area contributed by atoms with E-state index in [9.17, 15) is 19.1 Å². The van der Waals surface area contributed by atoms with E-state index < -0.39 is 11.9 Å². The van der Waals surface area contributed by atoms with Crippen LogP contribution in [0, 0.1) is 17.7 Å². The number of amides is 2. The largest absolute Gasteiger partial charge is 0.481 e. The van der Waals surface area contributed by atoms with E-state index in [0.717, 1.165) is 6.42 Å². The molecular formula is C18H24FN3O3.